The number of ether oxygens (including phenoxy) is 1. The molecule has 1 amide bonds. The molecule has 4 rings (SSSR count). The zero-order valence-corrected chi connectivity index (χ0v) is 21.9. The molecule has 1 saturated carbocycles. The second-order valence-corrected chi connectivity index (χ2v) is 12.9. The normalized spacial score (nSPS) is 23.1. The Balaban J connectivity index is 1.41. The Hall–Kier alpha value is -2.87. The van der Waals surface area contributed by atoms with Gasteiger partial charge in [-0.3, -0.25) is 9.52 Å². The lowest BCUT2D eigenvalue weighted by Crippen LogP contribution is -2.39. The van der Waals surface area contributed by atoms with Crippen LogP contribution in [0.5, 0.6) is 0 Å². The van der Waals surface area contributed by atoms with E-state index in [1.54, 1.807) is 6.07 Å². The van der Waals surface area contributed by atoms with E-state index < -0.39 is 16.0 Å². The van der Waals surface area contributed by atoms with E-state index in [9.17, 15) is 18.0 Å². The number of hydrogen-bond donors (Lipinski definition) is 1. The molecule has 1 N–H and O–H groups in total. The highest BCUT2D eigenvalue weighted by Gasteiger charge is 2.50. The summed E-state index contributed by atoms with van der Waals surface area (Å²) < 4.78 is 33.7. The molecule has 1 aliphatic heterocycles. The fraction of sp³-hybridized carbons (Fsp3) is 0.481. The zero-order valence-electron chi connectivity index (χ0n) is 21.1. The second kappa shape index (κ2) is 8.97. The number of carbonyl (C=O) groups is 2. The van der Waals surface area contributed by atoms with Crippen LogP contribution in [-0.4, -0.2) is 44.4 Å². The molecule has 2 aliphatic rings. The van der Waals surface area contributed by atoms with Crippen molar-refractivity contribution in [3.63, 3.8) is 0 Å². The molecule has 2 aromatic rings. The Morgan fingerprint density at radius 2 is 1.83 bits per heavy atom. The van der Waals surface area contributed by atoms with E-state index in [2.05, 4.69) is 25.5 Å². The van der Waals surface area contributed by atoms with Crippen molar-refractivity contribution in [2.24, 2.45) is 10.8 Å². The number of carbonyl (C=O) groups excluding carboxylic acids is 2. The first-order valence-corrected chi connectivity index (χ1v) is 13.4. The van der Waals surface area contributed by atoms with Crippen LogP contribution in [0.15, 0.2) is 47.4 Å². The summed E-state index contributed by atoms with van der Waals surface area (Å²) in [6, 6.07) is 11.2. The van der Waals surface area contributed by atoms with Crippen molar-refractivity contribution in [1.29, 1.82) is 0 Å². The van der Waals surface area contributed by atoms with Crippen LogP contribution < -0.4 is 4.72 Å². The van der Waals surface area contributed by atoms with E-state index in [0.717, 1.165) is 30.4 Å². The van der Waals surface area contributed by atoms with Crippen molar-refractivity contribution < 1.29 is 22.7 Å². The van der Waals surface area contributed by atoms with E-state index in [-0.39, 0.29) is 39.8 Å². The summed E-state index contributed by atoms with van der Waals surface area (Å²) in [5.74, 6) is -0.930. The predicted octanol–water partition coefficient (Wildman–Crippen LogP) is 4.69. The SMILES string of the molecule is Cc1ccc(NS(=O)(=O)c2cccc(C(=O)OCC(=O)N3CC4(C)CC3CC(C)(C)C4)c2)c(C)c1. The van der Waals surface area contributed by atoms with Crippen LogP contribution in [0.4, 0.5) is 5.69 Å². The summed E-state index contributed by atoms with van der Waals surface area (Å²) in [6.07, 6.45) is 2.98. The molecule has 2 aromatic carbocycles. The van der Waals surface area contributed by atoms with E-state index in [0.29, 0.717) is 12.2 Å². The predicted molar refractivity (Wildman–Crippen MR) is 135 cm³/mol. The number of hydrogen-bond acceptors (Lipinski definition) is 5. The molecule has 188 valence electrons. The van der Waals surface area contributed by atoms with Crippen LogP contribution in [0.3, 0.4) is 0 Å². The van der Waals surface area contributed by atoms with Crippen molar-refractivity contribution in [1.82, 2.24) is 4.90 Å². The van der Waals surface area contributed by atoms with Gasteiger partial charge in [0.1, 0.15) is 0 Å². The first-order valence-electron chi connectivity index (χ1n) is 11.9. The van der Waals surface area contributed by atoms with Gasteiger partial charge in [0.05, 0.1) is 16.1 Å². The number of benzene rings is 2. The smallest absolute Gasteiger partial charge is 0.338 e. The van der Waals surface area contributed by atoms with Gasteiger partial charge in [-0.1, -0.05) is 44.5 Å². The summed E-state index contributed by atoms with van der Waals surface area (Å²) in [5, 5.41) is 0. The third-order valence-corrected chi connectivity index (χ3v) is 8.43. The topological polar surface area (TPSA) is 92.8 Å². The molecular weight excluding hydrogens is 464 g/mol. The highest BCUT2D eigenvalue weighted by molar-refractivity contribution is 7.92. The van der Waals surface area contributed by atoms with Crippen LogP contribution in [0.25, 0.3) is 0 Å². The van der Waals surface area contributed by atoms with E-state index in [1.807, 2.05) is 30.9 Å². The maximum atomic E-state index is 12.9. The van der Waals surface area contributed by atoms with Gasteiger partial charge in [0.15, 0.2) is 6.61 Å². The number of aryl methyl sites for hydroxylation is 2. The number of nitrogens with one attached hydrogen (secondary N) is 1. The molecule has 1 aliphatic carbocycles. The van der Waals surface area contributed by atoms with Gasteiger partial charge in [-0.2, -0.15) is 0 Å². The molecule has 2 unspecified atom stereocenters. The molecule has 1 saturated heterocycles. The van der Waals surface area contributed by atoms with Gasteiger partial charge in [0.2, 0.25) is 0 Å². The van der Waals surface area contributed by atoms with E-state index in [1.165, 1.54) is 24.3 Å². The minimum absolute atomic E-state index is 0.0539. The number of sulfonamides is 1. The number of rotatable bonds is 6. The quantitative estimate of drug-likeness (QED) is 0.584. The summed E-state index contributed by atoms with van der Waals surface area (Å²) in [4.78, 5) is 27.4. The molecule has 0 radical (unpaired) electrons. The molecule has 2 fully saturated rings. The van der Waals surface area contributed by atoms with Gasteiger partial charge in [-0.15, -0.1) is 0 Å². The average Bonchev–Trinajstić information content (AvgIpc) is 3.02. The van der Waals surface area contributed by atoms with E-state index in [4.69, 9.17) is 4.74 Å². The first kappa shape index (κ1) is 25.2. The van der Waals surface area contributed by atoms with Crippen LogP contribution in [0.1, 0.15) is 61.5 Å². The highest BCUT2D eigenvalue weighted by Crippen LogP contribution is 2.52. The molecule has 7 nitrogen and oxygen atoms in total. The average molecular weight is 499 g/mol. The highest BCUT2D eigenvalue weighted by atomic mass is 32.2. The minimum Gasteiger partial charge on any atom is -0.452 e. The minimum atomic E-state index is -3.91. The molecular formula is C27H34N2O5S. The van der Waals surface area contributed by atoms with Crippen molar-refractivity contribution in [3.05, 3.63) is 59.2 Å². The van der Waals surface area contributed by atoms with Gasteiger partial charge in [-0.05, 0) is 73.8 Å². The van der Waals surface area contributed by atoms with Crippen molar-refractivity contribution in [3.8, 4) is 0 Å². The fourth-order valence-corrected chi connectivity index (χ4v) is 7.14. The van der Waals surface area contributed by atoms with Gasteiger partial charge < -0.3 is 9.64 Å². The lowest BCUT2D eigenvalue weighted by Gasteiger charge is -2.39. The number of amides is 1. The molecule has 35 heavy (non-hydrogen) atoms. The number of esters is 1. The number of nitrogens with zero attached hydrogens (tertiary/aromatic N) is 1. The largest absolute Gasteiger partial charge is 0.452 e. The molecule has 2 bridgehead atoms. The third kappa shape index (κ3) is 5.53. The Morgan fingerprint density at radius 1 is 1.09 bits per heavy atom. The Labute approximate surface area is 207 Å². The standard InChI is InChI=1S/C27H34N2O5S/c1-18-9-10-23(19(2)11-18)28-35(32,33)22-8-6-7-20(12-22)25(31)34-15-24(30)29-17-27(5)14-21(29)13-26(3,4)16-27/h6-12,21,28H,13-17H2,1-5H3. The molecule has 2 atom stereocenters. The van der Waals surface area contributed by atoms with Gasteiger partial charge in [0, 0.05) is 12.6 Å². The number of anilines is 1. The molecule has 0 spiro atoms. The number of fused-ring (bicyclic) bond motifs is 2. The summed E-state index contributed by atoms with van der Waals surface area (Å²) >= 11 is 0. The van der Waals surface area contributed by atoms with Crippen LogP contribution in [0, 0.1) is 24.7 Å². The zero-order chi connectivity index (χ0) is 25.6. The van der Waals surface area contributed by atoms with Crippen molar-refractivity contribution >= 4 is 27.6 Å². The Kier molecular flexibility index (Phi) is 6.47. The monoisotopic (exact) mass is 498 g/mol. The van der Waals surface area contributed by atoms with Gasteiger partial charge in [-0.25, -0.2) is 13.2 Å². The second-order valence-electron chi connectivity index (χ2n) is 11.3. The molecule has 8 heteroatoms. The maximum absolute atomic E-state index is 12.9. The van der Waals surface area contributed by atoms with Gasteiger partial charge in [0.25, 0.3) is 15.9 Å². The molecule has 0 aromatic heterocycles. The summed E-state index contributed by atoms with van der Waals surface area (Å²) in [7, 11) is -3.91. The summed E-state index contributed by atoms with van der Waals surface area (Å²) in [6.45, 7) is 10.8. The maximum Gasteiger partial charge on any atom is 0.338 e. The Morgan fingerprint density at radius 3 is 2.54 bits per heavy atom. The van der Waals surface area contributed by atoms with Crippen molar-refractivity contribution in [2.75, 3.05) is 17.9 Å². The van der Waals surface area contributed by atoms with Crippen molar-refractivity contribution in [2.45, 2.75) is 64.8 Å². The lowest BCUT2D eigenvalue weighted by atomic mass is 9.65. The third-order valence-electron chi connectivity index (χ3n) is 7.07. The van der Waals surface area contributed by atoms with Crippen LogP contribution >= 0.6 is 0 Å². The summed E-state index contributed by atoms with van der Waals surface area (Å²) in [5.41, 5.74) is 2.65. The first-order chi connectivity index (χ1) is 16.3. The molecule has 1 heterocycles. The van der Waals surface area contributed by atoms with Crippen LogP contribution in [-0.2, 0) is 19.6 Å². The van der Waals surface area contributed by atoms with E-state index >= 15 is 0 Å². The fourth-order valence-electron chi connectivity index (χ4n) is 5.97. The number of likely N-dealkylation sites (tertiary alicyclic amines) is 1. The lowest BCUT2D eigenvalue weighted by molar-refractivity contribution is -0.135. The van der Waals surface area contributed by atoms with Crippen LogP contribution in [0.2, 0.25) is 0 Å². The van der Waals surface area contributed by atoms with Gasteiger partial charge >= 0.3 is 5.97 Å². The Bertz CT molecular complexity index is 1270.